The minimum atomic E-state index is -4.58. The SMILES string of the molecule is CCOCCOC(C)=O.O=C(O)CC(F)(F)F. The molecule has 0 heterocycles. The van der Waals surface area contributed by atoms with Gasteiger partial charge in [-0.1, -0.05) is 0 Å². The van der Waals surface area contributed by atoms with Crippen LogP contribution in [0.4, 0.5) is 13.2 Å². The van der Waals surface area contributed by atoms with Crippen LogP contribution in [-0.2, 0) is 19.1 Å². The molecule has 0 spiro atoms. The van der Waals surface area contributed by atoms with Crippen LogP contribution in [-0.4, -0.2) is 43.0 Å². The second-order valence-corrected chi connectivity index (χ2v) is 2.72. The van der Waals surface area contributed by atoms with Crippen molar-refractivity contribution in [3.63, 3.8) is 0 Å². The number of alkyl halides is 3. The number of halogens is 3. The van der Waals surface area contributed by atoms with E-state index in [1.165, 1.54) is 6.92 Å². The summed E-state index contributed by atoms with van der Waals surface area (Å²) in [5, 5.41) is 7.53. The van der Waals surface area contributed by atoms with Gasteiger partial charge in [0.2, 0.25) is 0 Å². The van der Waals surface area contributed by atoms with Crippen molar-refractivity contribution >= 4 is 11.9 Å². The number of esters is 1. The Labute approximate surface area is 96.5 Å². The fourth-order valence-corrected chi connectivity index (χ4v) is 0.560. The lowest BCUT2D eigenvalue weighted by atomic mass is 10.4. The molecule has 102 valence electrons. The topological polar surface area (TPSA) is 72.8 Å². The van der Waals surface area contributed by atoms with Gasteiger partial charge in [-0.05, 0) is 6.92 Å². The number of carboxylic acids is 1. The first-order valence-corrected chi connectivity index (χ1v) is 4.68. The zero-order valence-corrected chi connectivity index (χ0v) is 9.54. The summed E-state index contributed by atoms with van der Waals surface area (Å²) in [4.78, 5) is 19.4. The standard InChI is InChI=1S/C6H12O3.C3H3F3O2/c1-3-8-4-5-9-6(2)7;4-3(5,6)1-2(7)8/h3-5H2,1-2H3;1H2,(H,7,8). The van der Waals surface area contributed by atoms with Gasteiger partial charge in [-0.25, -0.2) is 0 Å². The monoisotopic (exact) mass is 260 g/mol. The van der Waals surface area contributed by atoms with Crippen LogP contribution in [0.3, 0.4) is 0 Å². The highest BCUT2D eigenvalue weighted by Crippen LogP contribution is 2.18. The molecule has 0 amide bonds. The minimum absolute atomic E-state index is 0.255. The van der Waals surface area contributed by atoms with Crippen LogP contribution in [0.1, 0.15) is 20.3 Å². The molecule has 0 unspecified atom stereocenters. The van der Waals surface area contributed by atoms with Crippen LogP contribution in [0.25, 0.3) is 0 Å². The van der Waals surface area contributed by atoms with Gasteiger partial charge in [0.05, 0.1) is 6.61 Å². The molecule has 0 aliphatic carbocycles. The third-order valence-electron chi connectivity index (χ3n) is 1.09. The van der Waals surface area contributed by atoms with E-state index in [0.29, 0.717) is 19.8 Å². The van der Waals surface area contributed by atoms with Crippen molar-refractivity contribution in [1.82, 2.24) is 0 Å². The molecule has 1 N–H and O–H groups in total. The van der Waals surface area contributed by atoms with Crippen molar-refractivity contribution < 1.29 is 37.3 Å². The largest absolute Gasteiger partial charge is 0.481 e. The van der Waals surface area contributed by atoms with E-state index >= 15 is 0 Å². The quantitative estimate of drug-likeness (QED) is 0.600. The molecule has 0 aromatic carbocycles. The van der Waals surface area contributed by atoms with Crippen LogP contribution in [0.5, 0.6) is 0 Å². The Morgan fingerprint density at radius 1 is 1.24 bits per heavy atom. The summed E-state index contributed by atoms with van der Waals surface area (Å²) < 4.78 is 42.3. The predicted molar refractivity (Wildman–Crippen MR) is 51.4 cm³/mol. The van der Waals surface area contributed by atoms with Gasteiger partial charge in [0.25, 0.3) is 0 Å². The van der Waals surface area contributed by atoms with Gasteiger partial charge < -0.3 is 14.6 Å². The summed E-state index contributed by atoms with van der Waals surface area (Å²) in [7, 11) is 0. The van der Waals surface area contributed by atoms with E-state index in [1.807, 2.05) is 6.92 Å². The Bertz CT molecular complexity index is 227. The molecular formula is C9H15F3O5. The van der Waals surface area contributed by atoms with Crippen molar-refractivity contribution in [3.8, 4) is 0 Å². The molecule has 0 fully saturated rings. The van der Waals surface area contributed by atoms with Gasteiger partial charge in [0.15, 0.2) is 0 Å². The second-order valence-electron chi connectivity index (χ2n) is 2.72. The molecule has 0 aliphatic rings. The van der Waals surface area contributed by atoms with Gasteiger partial charge in [0, 0.05) is 13.5 Å². The van der Waals surface area contributed by atoms with Gasteiger partial charge in [-0.2, -0.15) is 13.2 Å². The number of ether oxygens (including phenoxy) is 2. The summed E-state index contributed by atoms with van der Waals surface area (Å²) in [6, 6.07) is 0. The number of carboxylic acid groups (broad SMARTS) is 1. The van der Waals surface area contributed by atoms with Crippen LogP contribution in [0.2, 0.25) is 0 Å². The maximum absolute atomic E-state index is 10.9. The highest BCUT2D eigenvalue weighted by atomic mass is 19.4. The molecule has 5 nitrogen and oxygen atoms in total. The van der Waals surface area contributed by atoms with E-state index in [4.69, 9.17) is 9.84 Å². The maximum atomic E-state index is 10.9. The third kappa shape index (κ3) is 25.2. The number of aliphatic carboxylic acids is 1. The normalized spacial score (nSPS) is 10.2. The molecule has 17 heavy (non-hydrogen) atoms. The van der Waals surface area contributed by atoms with Crippen LogP contribution in [0, 0.1) is 0 Å². The van der Waals surface area contributed by atoms with Crippen molar-refractivity contribution in [2.45, 2.75) is 26.4 Å². The van der Waals surface area contributed by atoms with E-state index in [-0.39, 0.29) is 5.97 Å². The molecule has 0 bridgehead atoms. The molecule has 0 saturated carbocycles. The van der Waals surface area contributed by atoms with Crippen molar-refractivity contribution in [2.24, 2.45) is 0 Å². The second kappa shape index (κ2) is 9.88. The Balaban J connectivity index is 0. The Kier molecular flexibility index (Phi) is 10.5. The molecule has 8 heteroatoms. The average Bonchev–Trinajstić information content (AvgIpc) is 2.09. The summed E-state index contributed by atoms with van der Waals surface area (Å²) in [6.07, 6.45) is -6.33. The summed E-state index contributed by atoms with van der Waals surface area (Å²) in [5.74, 6) is -2.10. The number of rotatable bonds is 5. The number of carbonyl (C=O) groups is 2. The summed E-state index contributed by atoms with van der Waals surface area (Å²) >= 11 is 0. The van der Waals surface area contributed by atoms with E-state index in [0.717, 1.165) is 0 Å². The van der Waals surface area contributed by atoms with Crippen molar-refractivity contribution in [3.05, 3.63) is 0 Å². The van der Waals surface area contributed by atoms with Crippen LogP contribution in [0.15, 0.2) is 0 Å². The lowest BCUT2D eigenvalue weighted by Crippen LogP contribution is -2.13. The van der Waals surface area contributed by atoms with Gasteiger partial charge in [0.1, 0.15) is 13.0 Å². The zero-order chi connectivity index (χ0) is 13.9. The first kappa shape index (κ1) is 18.1. The molecule has 0 rings (SSSR count). The maximum Gasteiger partial charge on any atom is 0.399 e. The molecule has 0 atom stereocenters. The minimum Gasteiger partial charge on any atom is -0.481 e. The molecule has 0 aliphatic heterocycles. The van der Waals surface area contributed by atoms with Gasteiger partial charge in [-0.15, -0.1) is 0 Å². The first-order valence-electron chi connectivity index (χ1n) is 4.68. The molecule has 0 aromatic rings. The van der Waals surface area contributed by atoms with E-state index in [2.05, 4.69) is 4.74 Å². The Morgan fingerprint density at radius 2 is 1.76 bits per heavy atom. The molecular weight excluding hydrogens is 245 g/mol. The van der Waals surface area contributed by atoms with Gasteiger partial charge >= 0.3 is 18.1 Å². The highest BCUT2D eigenvalue weighted by molar-refractivity contribution is 5.67. The van der Waals surface area contributed by atoms with E-state index < -0.39 is 18.6 Å². The summed E-state index contributed by atoms with van der Waals surface area (Å²) in [5.41, 5.74) is 0. The lowest BCUT2D eigenvalue weighted by molar-refractivity contribution is -0.166. The average molecular weight is 260 g/mol. The number of carbonyl (C=O) groups excluding carboxylic acids is 1. The molecule has 0 radical (unpaired) electrons. The highest BCUT2D eigenvalue weighted by Gasteiger charge is 2.30. The van der Waals surface area contributed by atoms with Crippen LogP contribution >= 0.6 is 0 Å². The van der Waals surface area contributed by atoms with Crippen molar-refractivity contribution in [1.29, 1.82) is 0 Å². The number of hydrogen-bond donors (Lipinski definition) is 1. The Morgan fingerprint density at radius 3 is 2.00 bits per heavy atom. The predicted octanol–water partition coefficient (Wildman–Crippen LogP) is 1.61. The van der Waals surface area contributed by atoms with E-state index in [1.54, 1.807) is 0 Å². The lowest BCUT2D eigenvalue weighted by Gasteiger charge is -1.99. The number of hydrogen-bond acceptors (Lipinski definition) is 4. The fraction of sp³-hybridized carbons (Fsp3) is 0.778. The smallest absolute Gasteiger partial charge is 0.399 e. The third-order valence-corrected chi connectivity index (χ3v) is 1.09. The fourth-order valence-electron chi connectivity index (χ4n) is 0.560. The summed E-state index contributed by atoms with van der Waals surface area (Å²) in [6.45, 7) is 4.81. The first-order chi connectivity index (χ1) is 7.69. The van der Waals surface area contributed by atoms with E-state index in [9.17, 15) is 22.8 Å². The molecule has 0 aromatic heterocycles. The van der Waals surface area contributed by atoms with Gasteiger partial charge in [-0.3, -0.25) is 9.59 Å². The zero-order valence-electron chi connectivity index (χ0n) is 9.54. The molecule has 0 saturated heterocycles. The van der Waals surface area contributed by atoms with Crippen molar-refractivity contribution in [2.75, 3.05) is 19.8 Å². The van der Waals surface area contributed by atoms with Crippen LogP contribution < -0.4 is 0 Å². The Hall–Kier alpha value is -1.31.